The molecule has 0 amide bonds. The van der Waals surface area contributed by atoms with E-state index in [4.69, 9.17) is 5.73 Å². The molecular weight excluding hydrogens is 284 g/mol. The summed E-state index contributed by atoms with van der Waals surface area (Å²) in [6, 6.07) is 5.11. The molecule has 0 spiro atoms. The molecule has 0 bridgehead atoms. The minimum absolute atomic E-state index is 0.172. The topological polar surface area (TPSA) is 72.2 Å². The molecule has 4 nitrogen and oxygen atoms in total. The van der Waals surface area contributed by atoms with Crippen molar-refractivity contribution in [1.82, 2.24) is 4.72 Å². The number of nitrogens with one attached hydrogen (secondary N) is 1. The smallest absolute Gasteiger partial charge is 0.240 e. The van der Waals surface area contributed by atoms with Crippen LogP contribution in [0.1, 0.15) is 38.8 Å². The van der Waals surface area contributed by atoms with Crippen molar-refractivity contribution >= 4 is 10.0 Å². The van der Waals surface area contributed by atoms with Crippen LogP contribution in [0, 0.1) is 23.7 Å². The van der Waals surface area contributed by atoms with E-state index in [1.807, 2.05) is 13.0 Å². The van der Waals surface area contributed by atoms with Crippen LogP contribution in [0.4, 0.5) is 0 Å². The van der Waals surface area contributed by atoms with Gasteiger partial charge in [0.25, 0.3) is 0 Å². The van der Waals surface area contributed by atoms with Gasteiger partial charge in [0.2, 0.25) is 10.0 Å². The Morgan fingerprint density at radius 1 is 1.19 bits per heavy atom. The van der Waals surface area contributed by atoms with Crippen LogP contribution >= 0.6 is 0 Å². The highest BCUT2D eigenvalue weighted by Crippen LogP contribution is 2.67. The van der Waals surface area contributed by atoms with Crippen LogP contribution in [-0.2, 0) is 16.6 Å². The van der Waals surface area contributed by atoms with Crippen molar-refractivity contribution in [3.63, 3.8) is 0 Å². The number of sulfonamides is 1. The molecule has 1 aromatic rings. The molecule has 0 unspecified atom stereocenters. The number of aryl methyl sites for hydroxylation is 1. The summed E-state index contributed by atoms with van der Waals surface area (Å²) in [5, 5.41) is 0. The van der Waals surface area contributed by atoms with Crippen molar-refractivity contribution < 1.29 is 8.42 Å². The molecule has 21 heavy (non-hydrogen) atoms. The van der Waals surface area contributed by atoms with Gasteiger partial charge >= 0.3 is 0 Å². The summed E-state index contributed by atoms with van der Waals surface area (Å²) in [7, 11) is -3.47. The average Bonchev–Trinajstić information content (AvgIpc) is 2.77. The van der Waals surface area contributed by atoms with Gasteiger partial charge in [0.05, 0.1) is 4.90 Å². The van der Waals surface area contributed by atoms with Crippen LogP contribution in [0.2, 0.25) is 0 Å². The molecule has 1 aromatic carbocycles. The zero-order chi connectivity index (χ0) is 16.1. The second-order valence-electron chi connectivity index (χ2n) is 7.14. The molecular formula is C16H26N2O2S. The Kier molecular flexibility index (Phi) is 3.98. The Balaban J connectivity index is 2.13. The Morgan fingerprint density at radius 3 is 2.24 bits per heavy atom. The highest BCUT2D eigenvalue weighted by Gasteiger charge is 2.64. The maximum absolute atomic E-state index is 12.4. The van der Waals surface area contributed by atoms with Gasteiger partial charge in [-0.3, -0.25) is 0 Å². The second kappa shape index (κ2) is 5.07. The first-order valence-electron chi connectivity index (χ1n) is 7.33. The van der Waals surface area contributed by atoms with E-state index in [1.165, 1.54) is 0 Å². The lowest BCUT2D eigenvalue weighted by Gasteiger charge is -2.10. The SMILES string of the molecule is Cc1ccc(S(=O)(=O)NCC2C(C)(C)C2(C)C)cc1CN. The van der Waals surface area contributed by atoms with Gasteiger partial charge in [0.1, 0.15) is 0 Å². The van der Waals surface area contributed by atoms with Crippen molar-refractivity contribution in [1.29, 1.82) is 0 Å². The van der Waals surface area contributed by atoms with E-state index in [1.54, 1.807) is 12.1 Å². The summed E-state index contributed by atoms with van der Waals surface area (Å²) < 4.78 is 27.6. The summed E-state index contributed by atoms with van der Waals surface area (Å²) in [6.07, 6.45) is 0. The zero-order valence-corrected chi connectivity index (χ0v) is 14.3. The molecule has 0 aliphatic heterocycles. The molecule has 1 aliphatic carbocycles. The number of rotatable bonds is 5. The van der Waals surface area contributed by atoms with Gasteiger partial charge in [0, 0.05) is 13.1 Å². The fourth-order valence-electron chi connectivity index (χ4n) is 3.15. The maximum atomic E-state index is 12.4. The first-order chi connectivity index (χ1) is 9.54. The average molecular weight is 310 g/mol. The summed E-state index contributed by atoms with van der Waals surface area (Å²) >= 11 is 0. The van der Waals surface area contributed by atoms with Gasteiger partial charge in [-0.2, -0.15) is 0 Å². The minimum atomic E-state index is -3.47. The lowest BCUT2D eigenvalue weighted by molar-refractivity contribution is 0.457. The molecule has 0 radical (unpaired) electrons. The molecule has 3 N–H and O–H groups in total. The van der Waals surface area contributed by atoms with Gasteiger partial charge in [0.15, 0.2) is 0 Å². The molecule has 1 aliphatic rings. The number of nitrogens with two attached hydrogens (primary N) is 1. The molecule has 1 fully saturated rings. The fourth-order valence-corrected chi connectivity index (χ4v) is 4.25. The largest absolute Gasteiger partial charge is 0.326 e. The zero-order valence-electron chi connectivity index (χ0n) is 13.5. The maximum Gasteiger partial charge on any atom is 0.240 e. The van der Waals surface area contributed by atoms with Crippen LogP contribution in [-0.4, -0.2) is 15.0 Å². The van der Waals surface area contributed by atoms with Crippen molar-refractivity contribution in [2.45, 2.75) is 46.1 Å². The van der Waals surface area contributed by atoms with E-state index in [0.29, 0.717) is 23.9 Å². The standard InChI is InChI=1S/C16H26N2O2S/c1-11-6-7-13(8-12(11)9-17)21(19,20)18-10-14-15(2,3)16(14,4)5/h6-8,14,18H,9-10,17H2,1-5H3. The summed E-state index contributed by atoms with van der Waals surface area (Å²) in [5.41, 5.74) is 7.88. The highest BCUT2D eigenvalue weighted by molar-refractivity contribution is 7.89. The normalized spacial score (nSPS) is 20.5. The third-order valence-corrected chi connectivity index (χ3v) is 7.07. The summed E-state index contributed by atoms with van der Waals surface area (Å²) in [6.45, 7) is 11.5. The molecule has 1 saturated carbocycles. The first kappa shape index (κ1) is 16.5. The second-order valence-corrected chi connectivity index (χ2v) is 8.91. The van der Waals surface area contributed by atoms with Gasteiger partial charge in [-0.1, -0.05) is 33.8 Å². The Bertz CT molecular complexity index is 634. The van der Waals surface area contributed by atoms with Gasteiger partial charge in [-0.25, -0.2) is 13.1 Å². The monoisotopic (exact) mass is 310 g/mol. The van der Waals surface area contributed by atoms with Crippen LogP contribution < -0.4 is 10.5 Å². The molecule has 0 heterocycles. The number of benzene rings is 1. The van der Waals surface area contributed by atoms with E-state index in [2.05, 4.69) is 32.4 Å². The molecule has 0 atom stereocenters. The fraction of sp³-hybridized carbons (Fsp3) is 0.625. The van der Waals surface area contributed by atoms with Crippen LogP contribution in [0.25, 0.3) is 0 Å². The van der Waals surface area contributed by atoms with Crippen molar-refractivity contribution in [3.8, 4) is 0 Å². The molecule has 0 saturated heterocycles. The molecule has 5 heteroatoms. The summed E-state index contributed by atoms with van der Waals surface area (Å²) in [5.74, 6) is 0.360. The van der Waals surface area contributed by atoms with Gasteiger partial charge < -0.3 is 5.73 Å². The van der Waals surface area contributed by atoms with Crippen molar-refractivity contribution in [2.24, 2.45) is 22.5 Å². The van der Waals surface area contributed by atoms with Crippen LogP contribution in [0.3, 0.4) is 0 Å². The third-order valence-electron chi connectivity index (χ3n) is 5.65. The first-order valence-corrected chi connectivity index (χ1v) is 8.81. The Labute approximate surface area is 128 Å². The van der Waals surface area contributed by atoms with E-state index in [9.17, 15) is 8.42 Å². The minimum Gasteiger partial charge on any atom is -0.326 e. The molecule has 118 valence electrons. The molecule has 0 aromatic heterocycles. The van der Waals surface area contributed by atoms with E-state index in [-0.39, 0.29) is 10.8 Å². The predicted octanol–water partition coefficient (Wildman–Crippen LogP) is 2.41. The third kappa shape index (κ3) is 2.74. The van der Waals surface area contributed by atoms with Gasteiger partial charge in [-0.15, -0.1) is 0 Å². The number of hydrogen-bond acceptors (Lipinski definition) is 3. The Hall–Kier alpha value is -0.910. The van der Waals surface area contributed by atoms with E-state index >= 15 is 0 Å². The van der Waals surface area contributed by atoms with E-state index < -0.39 is 10.0 Å². The quantitative estimate of drug-likeness (QED) is 0.877. The molecule has 2 rings (SSSR count). The number of hydrogen-bond donors (Lipinski definition) is 2. The Morgan fingerprint density at radius 2 is 1.76 bits per heavy atom. The van der Waals surface area contributed by atoms with E-state index in [0.717, 1.165) is 11.1 Å². The lowest BCUT2D eigenvalue weighted by Crippen LogP contribution is -2.27. The van der Waals surface area contributed by atoms with Gasteiger partial charge in [-0.05, 0) is 46.9 Å². The predicted molar refractivity (Wildman–Crippen MR) is 85.3 cm³/mol. The van der Waals surface area contributed by atoms with Crippen molar-refractivity contribution in [2.75, 3.05) is 6.54 Å². The van der Waals surface area contributed by atoms with Crippen molar-refractivity contribution in [3.05, 3.63) is 29.3 Å². The lowest BCUT2D eigenvalue weighted by atomic mass is 10.0. The summed E-state index contributed by atoms with van der Waals surface area (Å²) in [4.78, 5) is 0.296. The van der Waals surface area contributed by atoms with Crippen LogP contribution in [0.15, 0.2) is 23.1 Å². The highest BCUT2D eigenvalue weighted by atomic mass is 32.2. The van der Waals surface area contributed by atoms with Crippen LogP contribution in [0.5, 0.6) is 0 Å².